The van der Waals surface area contributed by atoms with E-state index in [9.17, 15) is 0 Å². The van der Waals surface area contributed by atoms with Crippen molar-refractivity contribution in [2.45, 2.75) is 0 Å². The molecule has 1 aromatic heterocycles. The normalized spacial score (nSPS) is 11.7. The molecule has 1 heterocycles. The Hall–Kier alpha value is -3.10. The van der Waals surface area contributed by atoms with E-state index < -0.39 is 0 Å². The molecule has 27 heavy (non-hydrogen) atoms. The van der Waals surface area contributed by atoms with Gasteiger partial charge in [0, 0.05) is 20.2 Å². The molecule has 0 fully saturated rings. The van der Waals surface area contributed by atoms with Crippen molar-refractivity contribution >= 4 is 54.4 Å². The van der Waals surface area contributed by atoms with Crippen LogP contribution in [0.4, 0.5) is 0 Å². The van der Waals surface area contributed by atoms with E-state index in [0.29, 0.717) is 0 Å². The zero-order valence-corrected chi connectivity index (χ0v) is 15.8. The number of fused-ring (bicyclic) bond motifs is 5. The quantitative estimate of drug-likeness (QED) is 0.303. The van der Waals surface area contributed by atoms with E-state index in [1.165, 1.54) is 36.5 Å². The van der Waals surface area contributed by atoms with Crippen LogP contribution in [0.15, 0.2) is 78.9 Å². The van der Waals surface area contributed by atoms with Gasteiger partial charge in [-0.25, -0.2) is 0 Å². The molecule has 0 saturated heterocycles. The fourth-order valence-corrected chi connectivity index (χ4v) is 4.69. The summed E-state index contributed by atoms with van der Waals surface area (Å²) in [5.74, 6) is 0.879. The van der Waals surface area contributed by atoms with E-state index in [2.05, 4.69) is 78.9 Å². The highest BCUT2D eigenvalue weighted by molar-refractivity contribution is 7.26. The largest absolute Gasteiger partial charge is 0.497 e. The zero-order valence-electron chi connectivity index (χ0n) is 15.0. The van der Waals surface area contributed by atoms with Gasteiger partial charge in [0.05, 0.1) is 7.11 Å². The predicted octanol–water partition coefficient (Wildman–Crippen LogP) is 7.39. The van der Waals surface area contributed by atoms with Crippen LogP contribution in [0.5, 0.6) is 5.75 Å². The second kappa shape index (κ2) is 6.57. The lowest BCUT2D eigenvalue weighted by molar-refractivity contribution is 0.415. The molecule has 130 valence electrons. The Balaban J connectivity index is 1.63. The Bertz CT molecular complexity index is 1290. The third-order valence-corrected chi connectivity index (χ3v) is 6.10. The number of hydrogen-bond acceptors (Lipinski definition) is 2. The van der Waals surface area contributed by atoms with Crippen molar-refractivity contribution in [1.29, 1.82) is 0 Å². The second-order valence-corrected chi connectivity index (χ2v) is 7.71. The minimum Gasteiger partial charge on any atom is -0.497 e. The first-order valence-electron chi connectivity index (χ1n) is 8.98. The minimum absolute atomic E-state index is 0.879. The lowest BCUT2D eigenvalue weighted by Crippen LogP contribution is -1.81. The van der Waals surface area contributed by atoms with E-state index in [1.54, 1.807) is 7.11 Å². The van der Waals surface area contributed by atoms with E-state index in [4.69, 9.17) is 4.74 Å². The summed E-state index contributed by atoms with van der Waals surface area (Å²) in [5, 5.41) is 5.32. The molecule has 0 aliphatic heterocycles. The zero-order chi connectivity index (χ0) is 18.2. The topological polar surface area (TPSA) is 9.23 Å². The van der Waals surface area contributed by atoms with Crippen molar-refractivity contribution in [3.8, 4) is 5.75 Å². The maximum Gasteiger partial charge on any atom is 0.118 e. The van der Waals surface area contributed by atoms with Gasteiger partial charge in [0.2, 0.25) is 0 Å². The Morgan fingerprint density at radius 2 is 1.44 bits per heavy atom. The maximum atomic E-state index is 5.23. The van der Waals surface area contributed by atoms with Crippen molar-refractivity contribution in [3.63, 3.8) is 0 Å². The van der Waals surface area contributed by atoms with Gasteiger partial charge >= 0.3 is 0 Å². The number of hydrogen-bond donors (Lipinski definition) is 0. The Morgan fingerprint density at radius 3 is 2.30 bits per heavy atom. The molecule has 2 heteroatoms. The van der Waals surface area contributed by atoms with Crippen molar-refractivity contribution in [3.05, 3.63) is 90.0 Å². The molecule has 5 aromatic rings. The molecule has 0 radical (unpaired) electrons. The summed E-state index contributed by atoms with van der Waals surface area (Å²) in [6.45, 7) is 0. The van der Waals surface area contributed by atoms with Crippen molar-refractivity contribution < 1.29 is 4.74 Å². The number of methoxy groups -OCH3 is 1. The maximum absolute atomic E-state index is 5.23. The summed E-state index contributed by atoms with van der Waals surface area (Å²) in [6, 6.07) is 28.0. The number of thiophene rings is 1. The van der Waals surface area contributed by atoms with Crippen LogP contribution in [0, 0.1) is 0 Å². The average molecular weight is 366 g/mol. The lowest BCUT2D eigenvalue weighted by atomic mass is 10.0. The lowest BCUT2D eigenvalue weighted by Gasteiger charge is -2.03. The molecule has 0 spiro atoms. The van der Waals surface area contributed by atoms with Crippen LogP contribution in [-0.2, 0) is 0 Å². The van der Waals surface area contributed by atoms with Crippen LogP contribution < -0.4 is 4.74 Å². The SMILES string of the molecule is COc1ccc(/C=C/c2ccc3ccc4sc5ccccc5c4c3c2)cc1. The molecule has 5 rings (SSSR count). The highest BCUT2D eigenvalue weighted by Gasteiger charge is 2.08. The molecule has 0 saturated carbocycles. The van der Waals surface area contributed by atoms with Gasteiger partial charge in [-0.1, -0.05) is 60.7 Å². The van der Waals surface area contributed by atoms with Crippen LogP contribution in [-0.4, -0.2) is 7.11 Å². The number of rotatable bonds is 3. The summed E-state index contributed by atoms with van der Waals surface area (Å²) in [5.41, 5.74) is 2.37. The first-order valence-corrected chi connectivity index (χ1v) is 9.80. The fraction of sp³-hybridized carbons (Fsp3) is 0.0400. The van der Waals surface area contributed by atoms with E-state index >= 15 is 0 Å². The molecule has 0 aliphatic carbocycles. The minimum atomic E-state index is 0.879. The Labute approximate surface area is 162 Å². The van der Waals surface area contributed by atoms with Gasteiger partial charge in [-0.2, -0.15) is 0 Å². The van der Waals surface area contributed by atoms with Crippen molar-refractivity contribution in [2.75, 3.05) is 7.11 Å². The molecule has 4 aromatic carbocycles. The summed E-state index contributed by atoms with van der Waals surface area (Å²) < 4.78 is 7.92. The van der Waals surface area contributed by atoms with Gasteiger partial charge in [-0.05, 0) is 52.2 Å². The van der Waals surface area contributed by atoms with Gasteiger partial charge in [0.1, 0.15) is 5.75 Å². The van der Waals surface area contributed by atoms with E-state index in [1.807, 2.05) is 23.5 Å². The van der Waals surface area contributed by atoms with Crippen LogP contribution in [0.3, 0.4) is 0 Å². The standard InChI is InChI=1S/C25H18OS/c1-26-20-13-9-17(10-14-20)6-7-18-8-11-19-12-15-24-25(22(19)16-18)21-4-2-3-5-23(21)27-24/h2-16H,1H3/b7-6+. The first kappa shape index (κ1) is 16.1. The molecule has 1 nitrogen and oxygen atoms in total. The number of benzene rings is 4. The van der Waals surface area contributed by atoms with Gasteiger partial charge < -0.3 is 4.74 Å². The Morgan fingerprint density at radius 1 is 0.704 bits per heavy atom. The van der Waals surface area contributed by atoms with Crippen LogP contribution in [0.1, 0.15) is 11.1 Å². The van der Waals surface area contributed by atoms with Crippen molar-refractivity contribution in [2.24, 2.45) is 0 Å². The molecule has 0 bridgehead atoms. The van der Waals surface area contributed by atoms with Crippen molar-refractivity contribution in [1.82, 2.24) is 0 Å². The third-order valence-electron chi connectivity index (χ3n) is 4.97. The smallest absolute Gasteiger partial charge is 0.118 e. The summed E-state index contributed by atoms with van der Waals surface area (Å²) in [4.78, 5) is 0. The third kappa shape index (κ3) is 2.88. The molecule has 0 amide bonds. The van der Waals surface area contributed by atoms with E-state index in [-0.39, 0.29) is 0 Å². The molecule has 0 atom stereocenters. The molecule has 0 N–H and O–H groups in total. The van der Waals surface area contributed by atoms with E-state index in [0.717, 1.165) is 11.3 Å². The number of ether oxygens (including phenoxy) is 1. The fourth-order valence-electron chi connectivity index (χ4n) is 3.57. The molecule has 0 aliphatic rings. The molecular weight excluding hydrogens is 348 g/mol. The predicted molar refractivity (Wildman–Crippen MR) is 119 cm³/mol. The van der Waals surface area contributed by atoms with Crippen LogP contribution >= 0.6 is 11.3 Å². The summed E-state index contributed by atoms with van der Waals surface area (Å²) >= 11 is 1.87. The molecule has 0 unspecified atom stereocenters. The van der Waals surface area contributed by atoms with Gasteiger partial charge in [-0.3, -0.25) is 0 Å². The monoisotopic (exact) mass is 366 g/mol. The first-order chi connectivity index (χ1) is 13.3. The molecular formula is C25H18OS. The van der Waals surface area contributed by atoms with Crippen LogP contribution in [0.25, 0.3) is 43.1 Å². The van der Waals surface area contributed by atoms with Gasteiger partial charge in [0.15, 0.2) is 0 Å². The highest BCUT2D eigenvalue weighted by Crippen LogP contribution is 2.38. The summed E-state index contributed by atoms with van der Waals surface area (Å²) in [7, 11) is 1.69. The Kier molecular flexibility index (Phi) is 3.92. The highest BCUT2D eigenvalue weighted by atomic mass is 32.1. The average Bonchev–Trinajstić information content (AvgIpc) is 3.11. The summed E-state index contributed by atoms with van der Waals surface area (Å²) in [6.07, 6.45) is 4.32. The van der Waals surface area contributed by atoms with Gasteiger partial charge in [-0.15, -0.1) is 11.3 Å². The van der Waals surface area contributed by atoms with Gasteiger partial charge in [0.25, 0.3) is 0 Å². The van der Waals surface area contributed by atoms with Crippen LogP contribution in [0.2, 0.25) is 0 Å². The second-order valence-electron chi connectivity index (χ2n) is 6.62.